The number of aromatic nitrogens is 2. The molecule has 0 bridgehead atoms. The van der Waals surface area contributed by atoms with Gasteiger partial charge in [0, 0.05) is 11.6 Å². The molecule has 4 heteroatoms. The van der Waals surface area contributed by atoms with E-state index in [-0.39, 0.29) is 0 Å². The van der Waals surface area contributed by atoms with Crippen molar-refractivity contribution in [2.45, 2.75) is 32.7 Å². The summed E-state index contributed by atoms with van der Waals surface area (Å²) in [5, 5.41) is 3.40. The van der Waals surface area contributed by atoms with E-state index in [4.69, 9.17) is 4.42 Å². The number of imidazole rings is 1. The van der Waals surface area contributed by atoms with Crippen LogP contribution in [0.2, 0.25) is 0 Å². The maximum absolute atomic E-state index is 5.91. The Bertz CT molecular complexity index is 786. The number of hydrogen-bond acceptors (Lipinski definition) is 3. The van der Waals surface area contributed by atoms with Crippen molar-refractivity contribution in [3.63, 3.8) is 0 Å². The van der Waals surface area contributed by atoms with Crippen molar-refractivity contribution in [1.82, 2.24) is 9.97 Å². The molecule has 2 heterocycles. The first-order valence-electron chi connectivity index (χ1n) is 7.48. The first-order valence-corrected chi connectivity index (χ1v) is 7.48. The van der Waals surface area contributed by atoms with Gasteiger partial charge in [-0.25, -0.2) is 4.98 Å². The Morgan fingerprint density at radius 1 is 1.33 bits per heavy atom. The van der Waals surface area contributed by atoms with Crippen molar-refractivity contribution in [2.24, 2.45) is 5.92 Å². The Morgan fingerprint density at radius 2 is 2.19 bits per heavy atom. The topological polar surface area (TPSA) is 53.9 Å². The average Bonchev–Trinajstić information content (AvgIpc) is 2.89. The van der Waals surface area contributed by atoms with Gasteiger partial charge in [-0.15, -0.1) is 0 Å². The number of benzene rings is 1. The molecule has 4 nitrogen and oxygen atoms in total. The van der Waals surface area contributed by atoms with Crippen molar-refractivity contribution >= 4 is 16.7 Å². The number of nitrogens with one attached hydrogen (secondary N) is 2. The van der Waals surface area contributed by atoms with Crippen molar-refractivity contribution in [2.75, 3.05) is 5.32 Å². The van der Waals surface area contributed by atoms with E-state index in [9.17, 15) is 0 Å². The monoisotopic (exact) mass is 281 g/mol. The lowest BCUT2D eigenvalue weighted by Crippen LogP contribution is -1.97. The molecule has 2 atom stereocenters. The molecule has 2 aromatic heterocycles. The summed E-state index contributed by atoms with van der Waals surface area (Å²) in [5.41, 5.74) is 3.13. The second kappa shape index (κ2) is 4.65. The van der Waals surface area contributed by atoms with E-state index < -0.39 is 0 Å². The Hall–Kier alpha value is -2.23. The summed E-state index contributed by atoms with van der Waals surface area (Å²) in [7, 11) is 0. The van der Waals surface area contributed by atoms with Crippen LogP contribution in [-0.2, 0) is 6.54 Å². The van der Waals surface area contributed by atoms with Gasteiger partial charge in [0.25, 0.3) is 0 Å². The van der Waals surface area contributed by atoms with Crippen LogP contribution in [0.5, 0.6) is 0 Å². The average molecular weight is 281 g/mol. The maximum atomic E-state index is 5.91. The number of anilines is 1. The van der Waals surface area contributed by atoms with Gasteiger partial charge in [0.1, 0.15) is 17.3 Å². The zero-order valence-electron chi connectivity index (χ0n) is 12.3. The molecule has 2 unspecified atom stereocenters. The molecule has 0 amide bonds. The van der Waals surface area contributed by atoms with Crippen LogP contribution in [0, 0.1) is 12.8 Å². The summed E-state index contributed by atoms with van der Waals surface area (Å²) in [5.74, 6) is 4.49. The summed E-state index contributed by atoms with van der Waals surface area (Å²) < 4.78 is 5.91. The van der Waals surface area contributed by atoms with Crippen LogP contribution in [0.15, 0.2) is 34.7 Å². The fraction of sp³-hybridized carbons (Fsp3) is 0.353. The van der Waals surface area contributed by atoms with E-state index in [0.29, 0.717) is 12.5 Å². The van der Waals surface area contributed by atoms with Crippen LogP contribution < -0.4 is 5.32 Å². The van der Waals surface area contributed by atoms with Gasteiger partial charge < -0.3 is 14.7 Å². The fourth-order valence-electron chi connectivity index (χ4n) is 2.84. The fourth-order valence-corrected chi connectivity index (χ4v) is 2.84. The van der Waals surface area contributed by atoms with Crippen LogP contribution in [0.4, 0.5) is 5.69 Å². The van der Waals surface area contributed by atoms with E-state index in [1.165, 1.54) is 6.42 Å². The second-order valence-corrected chi connectivity index (χ2v) is 6.03. The highest BCUT2D eigenvalue weighted by molar-refractivity contribution is 5.79. The van der Waals surface area contributed by atoms with Gasteiger partial charge in [0.05, 0.1) is 17.6 Å². The number of furan rings is 1. The van der Waals surface area contributed by atoms with Crippen molar-refractivity contribution in [3.05, 3.63) is 47.7 Å². The van der Waals surface area contributed by atoms with E-state index in [1.54, 1.807) is 0 Å². The molecule has 1 aliphatic carbocycles. The third-order valence-corrected chi connectivity index (χ3v) is 4.22. The van der Waals surface area contributed by atoms with Crippen LogP contribution in [0.3, 0.4) is 0 Å². The molecule has 0 aliphatic heterocycles. The lowest BCUT2D eigenvalue weighted by Gasteiger charge is -2.04. The number of nitrogens with zero attached hydrogens (tertiary/aromatic N) is 1. The highest BCUT2D eigenvalue weighted by atomic mass is 16.3. The quantitative estimate of drug-likeness (QED) is 0.753. The lowest BCUT2D eigenvalue weighted by atomic mass is 10.2. The molecular formula is C17H19N3O. The standard InChI is InChI=1S/C17H19N3O/c1-10-7-14(10)17-6-4-13(21-17)9-18-12-3-5-15-16(8-12)20-11(2)19-15/h3-6,8,10,14,18H,7,9H2,1-2H3,(H,19,20). The zero-order chi connectivity index (χ0) is 14.4. The van der Waals surface area contributed by atoms with Crippen LogP contribution in [0.1, 0.15) is 36.6 Å². The molecule has 1 aromatic carbocycles. The molecule has 0 radical (unpaired) electrons. The molecule has 1 saturated carbocycles. The van der Waals surface area contributed by atoms with Gasteiger partial charge >= 0.3 is 0 Å². The minimum absolute atomic E-state index is 0.642. The van der Waals surface area contributed by atoms with E-state index in [1.807, 2.05) is 13.0 Å². The van der Waals surface area contributed by atoms with Crippen molar-refractivity contribution in [3.8, 4) is 0 Å². The van der Waals surface area contributed by atoms with E-state index in [2.05, 4.69) is 46.5 Å². The largest absolute Gasteiger partial charge is 0.464 e. The minimum atomic E-state index is 0.642. The Morgan fingerprint density at radius 3 is 3.00 bits per heavy atom. The Labute approximate surface area is 123 Å². The Balaban J connectivity index is 1.46. The van der Waals surface area contributed by atoms with E-state index >= 15 is 0 Å². The normalized spacial score (nSPS) is 20.9. The second-order valence-electron chi connectivity index (χ2n) is 6.03. The third kappa shape index (κ3) is 2.42. The summed E-state index contributed by atoms with van der Waals surface area (Å²) in [6, 6.07) is 10.4. The van der Waals surface area contributed by atoms with Gasteiger partial charge in [0.2, 0.25) is 0 Å². The molecular weight excluding hydrogens is 262 g/mol. The van der Waals surface area contributed by atoms with Crippen molar-refractivity contribution in [1.29, 1.82) is 0 Å². The highest BCUT2D eigenvalue weighted by Crippen LogP contribution is 2.47. The summed E-state index contributed by atoms with van der Waals surface area (Å²) in [6.45, 7) is 4.95. The number of H-pyrrole nitrogens is 1. The van der Waals surface area contributed by atoms with Gasteiger partial charge in [-0.3, -0.25) is 0 Å². The number of hydrogen-bond donors (Lipinski definition) is 2. The molecule has 0 saturated heterocycles. The van der Waals surface area contributed by atoms with Crippen LogP contribution in [0.25, 0.3) is 11.0 Å². The van der Waals surface area contributed by atoms with Crippen molar-refractivity contribution < 1.29 is 4.42 Å². The summed E-state index contributed by atoms with van der Waals surface area (Å²) in [6.07, 6.45) is 1.26. The molecule has 1 aliphatic rings. The predicted molar refractivity (Wildman–Crippen MR) is 83.4 cm³/mol. The number of aromatic amines is 1. The van der Waals surface area contributed by atoms with E-state index in [0.717, 1.165) is 40.0 Å². The number of rotatable bonds is 4. The summed E-state index contributed by atoms with van der Waals surface area (Å²) in [4.78, 5) is 7.66. The first kappa shape index (κ1) is 12.5. The Kier molecular flexibility index (Phi) is 2.77. The molecule has 21 heavy (non-hydrogen) atoms. The van der Waals surface area contributed by atoms with Gasteiger partial charge in [-0.1, -0.05) is 6.92 Å². The number of fused-ring (bicyclic) bond motifs is 1. The molecule has 108 valence electrons. The van der Waals surface area contributed by atoms with Gasteiger partial charge in [-0.05, 0) is 49.6 Å². The number of aryl methyl sites for hydroxylation is 1. The van der Waals surface area contributed by atoms with Gasteiger partial charge in [0.15, 0.2) is 0 Å². The maximum Gasteiger partial charge on any atom is 0.123 e. The van der Waals surface area contributed by atoms with Crippen LogP contribution in [-0.4, -0.2) is 9.97 Å². The predicted octanol–water partition coefficient (Wildman–Crippen LogP) is 4.20. The molecule has 0 spiro atoms. The lowest BCUT2D eigenvalue weighted by molar-refractivity contribution is 0.468. The smallest absolute Gasteiger partial charge is 0.123 e. The van der Waals surface area contributed by atoms with Gasteiger partial charge in [-0.2, -0.15) is 0 Å². The minimum Gasteiger partial charge on any atom is -0.464 e. The SMILES string of the molecule is Cc1nc2ccc(NCc3ccc(C4CC4C)o3)cc2[nH]1. The zero-order valence-corrected chi connectivity index (χ0v) is 12.3. The first-order chi connectivity index (χ1) is 10.2. The van der Waals surface area contributed by atoms with Crippen LogP contribution >= 0.6 is 0 Å². The molecule has 3 aromatic rings. The third-order valence-electron chi connectivity index (χ3n) is 4.22. The summed E-state index contributed by atoms with van der Waals surface area (Å²) >= 11 is 0. The highest BCUT2D eigenvalue weighted by Gasteiger charge is 2.36. The molecule has 1 fully saturated rings. The molecule has 2 N–H and O–H groups in total. The molecule has 4 rings (SSSR count).